The molecule has 4 aromatic rings. The number of nitrogens with one attached hydrogen (secondary N) is 1. The minimum absolute atomic E-state index is 0.194. The van der Waals surface area contributed by atoms with Crippen molar-refractivity contribution >= 4 is 44.7 Å². The number of nitrogens with zero attached hydrogens (tertiary/aromatic N) is 2. The lowest BCUT2D eigenvalue weighted by Crippen LogP contribution is -2.11. The molecule has 0 bridgehead atoms. The Balaban J connectivity index is 1.71. The molecule has 0 aliphatic rings. The fourth-order valence-electron chi connectivity index (χ4n) is 3.02. The van der Waals surface area contributed by atoms with E-state index < -0.39 is 0 Å². The largest absolute Gasteiger partial charge is 0.495 e. The lowest BCUT2D eigenvalue weighted by atomic mass is 10.2. The van der Waals surface area contributed by atoms with Crippen LogP contribution in [-0.4, -0.2) is 22.8 Å². The van der Waals surface area contributed by atoms with Crippen molar-refractivity contribution in [2.24, 2.45) is 0 Å². The van der Waals surface area contributed by atoms with Gasteiger partial charge in [0.2, 0.25) is 0 Å². The van der Waals surface area contributed by atoms with Crippen molar-refractivity contribution in [2.45, 2.75) is 13.8 Å². The molecule has 0 saturated carbocycles. The number of rotatable bonds is 4. The third-order valence-corrected chi connectivity index (χ3v) is 6.01. The number of hydrogen-bond donors (Lipinski definition) is 1. The van der Waals surface area contributed by atoms with E-state index in [0.717, 1.165) is 27.2 Å². The first-order chi connectivity index (χ1) is 13.5. The number of aryl methyl sites for hydroxylation is 2. The van der Waals surface area contributed by atoms with Gasteiger partial charge < -0.3 is 10.1 Å². The Labute approximate surface area is 171 Å². The van der Waals surface area contributed by atoms with Crippen LogP contribution in [0.4, 0.5) is 5.69 Å². The van der Waals surface area contributed by atoms with Crippen molar-refractivity contribution in [1.82, 2.24) is 9.78 Å². The summed E-state index contributed by atoms with van der Waals surface area (Å²) in [6, 6.07) is 15.3. The molecule has 0 spiro atoms. The van der Waals surface area contributed by atoms with Gasteiger partial charge in [0, 0.05) is 16.5 Å². The molecule has 4 rings (SSSR count). The summed E-state index contributed by atoms with van der Waals surface area (Å²) in [6.07, 6.45) is 0. The number of methoxy groups -OCH3 is 1. The summed E-state index contributed by atoms with van der Waals surface area (Å²) in [4.78, 5) is 14.4. The van der Waals surface area contributed by atoms with E-state index in [1.165, 1.54) is 11.3 Å². The van der Waals surface area contributed by atoms with E-state index in [0.29, 0.717) is 21.3 Å². The number of hydrogen-bond acceptors (Lipinski definition) is 4. The molecule has 142 valence electrons. The summed E-state index contributed by atoms with van der Waals surface area (Å²) in [5.74, 6) is 0.330. The van der Waals surface area contributed by atoms with E-state index in [-0.39, 0.29) is 5.91 Å². The van der Waals surface area contributed by atoms with Crippen molar-refractivity contribution in [3.05, 3.63) is 69.7 Å². The van der Waals surface area contributed by atoms with Crippen LogP contribution in [0.25, 0.3) is 15.9 Å². The number of amides is 1. The van der Waals surface area contributed by atoms with Gasteiger partial charge in [0.05, 0.1) is 29.1 Å². The standard InChI is InChI=1S/C21H18ClN3O2S/c1-12-9-17(18(27-3)11-16(12)22)23-20(26)19-10-15-13(2)24-25(21(15)28-19)14-7-5-4-6-8-14/h4-11H,1-3H3,(H,23,26). The van der Waals surface area contributed by atoms with Crippen molar-refractivity contribution in [2.75, 3.05) is 12.4 Å². The van der Waals surface area contributed by atoms with Gasteiger partial charge in [-0.2, -0.15) is 5.10 Å². The van der Waals surface area contributed by atoms with Crippen LogP contribution in [0.3, 0.4) is 0 Å². The zero-order valence-corrected chi connectivity index (χ0v) is 17.2. The van der Waals surface area contributed by atoms with E-state index in [1.807, 2.05) is 61.0 Å². The lowest BCUT2D eigenvalue weighted by molar-refractivity contribution is 0.103. The van der Waals surface area contributed by atoms with Gasteiger partial charge >= 0.3 is 0 Å². The maximum atomic E-state index is 12.9. The number of benzene rings is 2. The number of carbonyl (C=O) groups excluding carboxylic acids is 1. The zero-order chi connectivity index (χ0) is 19.8. The summed E-state index contributed by atoms with van der Waals surface area (Å²) >= 11 is 7.56. The van der Waals surface area contributed by atoms with Crippen molar-refractivity contribution in [3.8, 4) is 11.4 Å². The van der Waals surface area contributed by atoms with Gasteiger partial charge in [-0.1, -0.05) is 29.8 Å². The second-order valence-corrected chi connectivity index (χ2v) is 7.86. The number of thiophene rings is 1. The Morgan fingerprint density at radius 3 is 2.64 bits per heavy atom. The number of halogens is 1. The minimum atomic E-state index is -0.194. The zero-order valence-electron chi connectivity index (χ0n) is 15.6. The highest BCUT2D eigenvalue weighted by Crippen LogP contribution is 2.34. The lowest BCUT2D eigenvalue weighted by Gasteiger charge is -2.11. The maximum Gasteiger partial charge on any atom is 0.265 e. The van der Waals surface area contributed by atoms with Crippen LogP contribution in [0.5, 0.6) is 5.75 Å². The normalized spacial score (nSPS) is 11.0. The monoisotopic (exact) mass is 411 g/mol. The quantitative estimate of drug-likeness (QED) is 0.474. The van der Waals surface area contributed by atoms with Crippen LogP contribution in [0.2, 0.25) is 5.02 Å². The fraction of sp³-hybridized carbons (Fsp3) is 0.143. The van der Waals surface area contributed by atoms with E-state index >= 15 is 0 Å². The highest BCUT2D eigenvalue weighted by Gasteiger charge is 2.18. The molecule has 2 aromatic carbocycles. The first-order valence-electron chi connectivity index (χ1n) is 8.68. The van der Waals surface area contributed by atoms with Gasteiger partial charge in [0.25, 0.3) is 5.91 Å². The predicted molar refractivity (Wildman–Crippen MR) is 114 cm³/mol. The molecular weight excluding hydrogens is 394 g/mol. The third kappa shape index (κ3) is 3.25. The number of anilines is 1. The van der Waals surface area contributed by atoms with E-state index in [2.05, 4.69) is 10.4 Å². The second-order valence-electron chi connectivity index (χ2n) is 6.42. The smallest absolute Gasteiger partial charge is 0.265 e. The number of aromatic nitrogens is 2. The molecule has 5 nitrogen and oxygen atoms in total. The molecule has 28 heavy (non-hydrogen) atoms. The Hall–Kier alpha value is -2.83. The summed E-state index contributed by atoms with van der Waals surface area (Å²) in [5, 5.41) is 9.11. The summed E-state index contributed by atoms with van der Waals surface area (Å²) < 4.78 is 7.22. The molecule has 1 N–H and O–H groups in total. The Morgan fingerprint density at radius 1 is 1.18 bits per heavy atom. The first-order valence-corrected chi connectivity index (χ1v) is 9.87. The molecule has 0 radical (unpaired) electrons. The summed E-state index contributed by atoms with van der Waals surface area (Å²) in [6.45, 7) is 3.83. The van der Waals surface area contributed by atoms with Crippen LogP contribution in [-0.2, 0) is 0 Å². The van der Waals surface area contributed by atoms with Crippen LogP contribution < -0.4 is 10.1 Å². The van der Waals surface area contributed by atoms with Crippen molar-refractivity contribution < 1.29 is 9.53 Å². The number of fused-ring (bicyclic) bond motifs is 1. The Bertz CT molecular complexity index is 1180. The van der Waals surface area contributed by atoms with Gasteiger partial charge in [-0.15, -0.1) is 11.3 Å². The predicted octanol–water partition coefficient (Wildman–Crippen LogP) is 5.62. The van der Waals surface area contributed by atoms with Crippen molar-refractivity contribution in [1.29, 1.82) is 0 Å². The van der Waals surface area contributed by atoms with Gasteiger partial charge in [0.15, 0.2) is 0 Å². The van der Waals surface area contributed by atoms with Gasteiger partial charge in [-0.3, -0.25) is 4.79 Å². The number of para-hydroxylation sites is 1. The van der Waals surface area contributed by atoms with Crippen LogP contribution in [0.1, 0.15) is 20.9 Å². The number of ether oxygens (including phenoxy) is 1. The third-order valence-electron chi connectivity index (χ3n) is 4.50. The molecule has 0 unspecified atom stereocenters. The molecule has 0 aliphatic heterocycles. The van der Waals surface area contributed by atoms with Gasteiger partial charge in [-0.25, -0.2) is 4.68 Å². The van der Waals surface area contributed by atoms with E-state index in [1.54, 1.807) is 13.2 Å². The van der Waals surface area contributed by atoms with Crippen LogP contribution in [0, 0.1) is 13.8 Å². The maximum absolute atomic E-state index is 12.9. The molecule has 0 fully saturated rings. The molecule has 7 heteroatoms. The van der Waals surface area contributed by atoms with Crippen molar-refractivity contribution in [3.63, 3.8) is 0 Å². The van der Waals surface area contributed by atoms with Crippen LogP contribution >= 0.6 is 22.9 Å². The molecule has 2 aromatic heterocycles. The Kier molecular flexibility index (Phi) is 4.83. The molecule has 0 saturated heterocycles. The molecule has 2 heterocycles. The Morgan fingerprint density at radius 2 is 1.93 bits per heavy atom. The van der Waals surface area contributed by atoms with Crippen LogP contribution in [0.15, 0.2) is 48.5 Å². The first kappa shape index (κ1) is 18.5. The molecule has 0 aliphatic carbocycles. The highest BCUT2D eigenvalue weighted by atomic mass is 35.5. The highest BCUT2D eigenvalue weighted by molar-refractivity contribution is 7.20. The minimum Gasteiger partial charge on any atom is -0.495 e. The average Bonchev–Trinajstić information content (AvgIpc) is 3.26. The second kappa shape index (κ2) is 7.30. The van der Waals surface area contributed by atoms with E-state index in [9.17, 15) is 4.79 Å². The molecular formula is C21H18ClN3O2S. The SMILES string of the molecule is COc1cc(Cl)c(C)cc1NC(=O)c1cc2c(C)nn(-c3ccccc3)c2s1. The van der Waals surface area contributed by atoms with E-state index in [4.69, 9.17) is 16.3 Å². The summed E-state index contributed by atoms with van der Waals surface area (Å²) in [5.41, 5.74) is 3.30. The topological polar surface area (TPSA) is 56.1 Å². The fourth-order valence-corrected chi connectivity index (χ4v) is 4.25. The molecule has 0 atom stereocenters. The number of carbonyl (C=O) groups is 1. The summed E-state index contributed by atoms with van der Waals surface area (Å²) in [7, 11) is 1.55. The molecule has 1 amide bonds. The van der Waals surface area contributed by atoms with Gasteiger partial charge in [-0.05, 0) is 43.7 Å². The average molecular weight is 412 g/mol. The van der Waals surface area contributed by atoms with Gasteiger partial charge in [0.1, 0.15) is 10.6 Å².